The molecule has 19 heavy (non-hydrogen) atoms. The Kier molecular flexibility index (Phi) is 3.37. The van der Waals surface area contributed by atoms with Crippen LogP contribution in [0, 0.1) is 10.1 Å². The van der Waals surface area contributed by atoms with Gasteiger partial charge in [-0.2, -0.15) is 0 Å². The molecule has 0 saturated heterocycles. The van der Waals surface area contributed by atoms with Crippen LogP contribution in [0.15, 0.2) is 42.6 Å². The molecule has 0 aliphatic carbocycles. The number of hydrogen-bond donors (Lipinski definition) is 2. The molecule has 0 fully saturated rings. The summed E-state index contributed by atoms with van der Waals surface area (Å²) < 4.78 is 0. The Morgan fingerprint density at radius 3 is 2.53 bits per heavy atom. The number of nitro groups is 1. The Labute approximate surface area is 107 Å². The first-order valence-corrected chi connectivity index (χ1v) is 5.28. The molecule has 2 aromatic rings. The second-order valence-corrected chi connectivity index (χ2v) is 3.64. The molecular weight excluding hydrogens is 250 g/mol. The van der Waals surface area contributed by atoms with E-state index in [1.807, 2.05) is 0 Å². The minimum Gasteiger partial charge on any atom is -0.478 e. The smallest absolute Gasteiger partial charge is 0.335 e. The molecule has 2 rings (SSSR count). The van der Waals surface area contributed by atoms with Crippen molar-refractivity contribution in [2.75, 3.05) is 5.32 Å². The van der Waals surface area contributed by atoms with Crippen molar-refractivity contribution < 1.29 is 14.8 Å². The van der Waals surface area contributed by atoms with Crippen molar-refractivity contribution in [2.24, 2.45) is 0 Å². The van der Waals surface area contributed by atoms with Gasteiger partial charge in [-0.1, -0.05) is 0 Å². The third-order valence-electron chi connectivity index (χ3n) is 2.38. The van der Waals surface area contributed by atoms with Gasteiger partial charge >= 0.3 is 11.7 Å². The van der Waals surface area contributed by atoms with Crippen LogP contribution in [0.25, 0.3) is 0 Å². The van der Waals surface area contributed by atoms with E-state index in [-0.39, 0.29) is 17.1 Å². The quantitative estimate of drug-likeness (QED) is 0.645. The normalized spacial score (nSPS) is 9.89. The predicted molar refractivity (Wildman–Crippen MR) is 67.6 cm³/mol. The molecular formula is C12H9N3O4. The third kappa shape index (κ3) is 2.83. The van der Waals surface area contributed by atoms with E-state index >= 15 is 0 Å². The lowest BCUT2D eigenvalue weighted by molar-refractivity contribution is -0.384. The predicted octanol–water partition coefficient (Wildman–Crippen LogP) is 2.43. The van der Waals surface area contributed by atoms with Crippen molar-refractivity contribution in [3.63, 3.8) is 0 Å². The summed E-state index contributed by atoms with van der Waals surface area (Å²) in [6.45, 7) is 0. The number of rotatable bonds is 4. The van der Waals surface area contributed by atoms with Gasteiger partial charge < -0.3 is 10.4 Å². The van der Waals surface area contributed by atoms with Crippen LogP contribution in [0.1, 0.15) is 10.4 Å². The zero-order valence-corrected chi connectivity index (χ0v) is 9.61. The van der Waals surface area contributed by atoms with E-state index < -0.39 is 10.9 Å². The molecule has 0 radical (unpaired) electrons. The minimum absolute atomic E-state index is 0.107. The van der Waals surface area contributed by atoms with Crippen molar-refractivity contribution in [1.29, 1.82) is 0 Å². The molecule has 1 heterocycles. The molecule has 1 aromatic heterocycles. The highest BCUT2D eigenvalue weighted by molar-refractivity contribution is 5.88. The maximum atomic E-state index is 10.8. The number of nitrogens with zero attached hydrogens (tertiary/aromatic N) is 2. The number of carboxylic acid groups (broad SMARTS) is 1. The number of nitrogens with one attached hydrogen (secondary N) is 1. The van der Waals surface area contributed by atoms with Gasteiger partial charge in [0, 0.05) is 18.0 Å². The standard InChI is InChI=1S/C12H9N3O4/c16-12(17)8-3-5-9(6-4-8)14-11-10(15(18)19)2-1-7-13-11/h1-7H,(H,13,14)(H,16,17). The van der Waals surface area contributed by atoms with Crippen LogP contribution in [-0.4, -0.2) is 21.0 Å². The maximum absolute atomic E-state index is 10.8. The summed E-state index contributed by atoms with van der Waals surface area (Å²) in [6.07, 6.45) is 1.43. The average Bonchev–Trinajstić information content (AvgIpc) is 2.39. The van der Waals surface area contributed by atoms with Gasteiger partial charge in [0.1, 0.15) is 0 Å². The number of pyridine rings is 1. The van der Waals surface area contributed by atoms with Crippen molar-refractivity contribution in [1.82, 2.24) is 4.98 Å². The van der Waals surface area contributed by atoms with E-state index in [0.29, 0.717) is 5.69 Å². The van der Waals surface area contributed by atoms with E-state index in [9.17, 15) is 14.9 Å². The molecule has 0 unspecified atom stereocenters. The third-order valence-corrected chi connectivity index (χ3v) is 2.38. The fourth-order valence-corrected chi connectivity index (χ4v) is 1.47. The SMILES string of the molecule is O=C(O)c1ccc(Nc2ncccc2[N+](=O)[O-])cc1. The van der Waals surface area contributed by atoms with Gasteiger partial charge in [-0.05, 0) is 30.3 Å². The number of aromatic nitrogens is 1. The molecule has 1 aromatic carbocycles. The van der Waals surface area contributed by atoms with Gasteiger partial charge in [-0.3, -0.25) is 10.1 Å². The fraction of sp³-hybridized carbons (Fsp3) is 0. The first kappa shape index (κ1) is 12.5. The minimum atomic E-state index is -1.03. The first-order chi connectivity index (χ1) is 9.08. The lowest BCUT2D eigenvalue weighted by Crippen LogP contribution is -2.00. The molecule has 0 amide bonds. The molecule has 0 atom stereocenters. The maximum Gasteiger partial charge on any atom is 0.335 e. The molecule has 7 nitrogen and oxygen atoms in total. The Hall–Kier alpha value is -2.96. The van der Waals surface area contributed by atoms with E-state index in [2.05, 4.69) is 10.3 Å². The molecule has 0 bridgehead atoms. The number of anilines is 2. The van der Waals surface area contributed by atoms with Crippen molar-refractivity contribution in [2.45, 2.75) is 0 Å². The van der Waals surface area contributed by atoms with Crippen LogP contribution < -0.4 is 5.32 Å². The molecule has 0 spiro atoms. The topological polar surface area (TPSA) is 105 Å². The summed E-state index contributed by atoms with van der Waals surface area (Å²) in [5.41, 5.74) is 0.512. The second kappa shape index (κ2) is 5.13. The zero-order valence-electron chi connectivity index (χ0n) is 9.61. The summed E-state index contributed by atoms with van der Waals surface area (Å²) in [5, 5.41) is 22.3. The van der Waals surface area contributed by atoms with Gasteiger partial charge in [0.2, 0.25) is 5.82 Å². The molecule has 96 valence electrons. The number of benzene rings is 1. The van der Waals surface area contributed by atoms with Crippen LogP contribution >= 0.6 is 0 Å². The summed E-state index contributed by atoms with van der Waals surface area (Å²) >= 11 is 0. The highest BCUT2D eigenvalue weighted by Crippen LogP contribution is 2.24. The Morgan fingerprint density at radius 2 is 1.95 bits per heavy atom. The van der Waals surface area contributed by atoms with Crippen LogP contribution in [0.5, 0.6) is 0 Å². The summed E-state index contributed by atoms with van der Waals surface area (Å²) in [4.78, 5) is 24.8. The van der Waals surface area contributed by atoms with E-state index in [4.69, 9.17) is 5.11 Å². The highest BCUT2D eigenvalue weighted by Gasteiger charge is 2.14. The Balaban J connectivity index is 2.26. The lowest BCUT2D eigenvalue weighted by atomic mass is 10.2. The van der Waals surface area contributed by atoms with Gasteiger partial charge in [0.25, 0.3) is 0 Å². The summed E-state index contributed by atoms with van der Waals surface area (Å²) in [5.74, 6) is -0.925. The number of carboxylic acids is 1. The van der Waals surface area contributed by atoms with Crippen LogP contribution in [0.4, 0.5) is 17.2 Å². The van der Waals surface area contributed by atoms with E-state index in [1.54, 1.807) is 0 Å². The Morgan fingerprint density at radius 1 is 1.26 bits per heavy atom. The van der Waals surface area contributed by atoms with Gasteiger partial charge in [-0.15, -0.1) is 0 Å². The summed E-state index contributed by atoms with van der Waals surface area (Å²) in [7, 11) is 0. The molecule has 7 heteroatoms. The van der Waals surface area contributed by atoms with E-state index in [1.165, 1.54) is 42.6 Å². The van der Waals surface area contributed by atoms with Crippen molar-refractivity contribution in [3.05, 3.63) is 58.3 Å². The second-order valence-electron chi connectivity index (χ2n) is 3.64. The summed E-state index contributed by atoms with van der Waals surface area (Å²) in [6, 6.07) is 8.64. The van der Waals surface area contributed by atoms with Crippen LogP contribution in [0.3, 0.4) is 0 Å². The molecule has 0 aliphatic rings. The number of hydrogen-bond acceptors (Lipinski definition) is 5. The van der Waals surface area contributed by atoms with Gasteiger partial charge in [0.05, 0.1) is 10.5 Å². The van der Waals surface area contributed by atoms with Crippen molar-refractivity contribution >= 4 is 23.2 Å². The zero-order chi connectivity index (χ0) is 13.8. The van der Waals surface area contributed by atoms with Gasteiger partial charge in [0.15, 0.2) is 0 Å². The van der Waals surface area contributed by atoms with Crippen LogP contribution in [-0.2, 0) is 0 Å². The molecule has 0 aliphatic heterocycles. The average molecular weight is 259 g/mol. The number of carbonyl (C=O) groups is 1. The molecule has 0 saturated carbocycles. The fourth-order valence-electron chi connectivity index (χ4n) is 1.47. The molecule has 2 N–H and O–H groups in total. The highest BCUT2D eigenvalue weighted by atomic mass is 16.6. The van der Waals surface area contributed by atoms with Gasteiger partial charge in [-0.25, -0.2) is 9.78 Å². The van der Waals surface area contributed by atoms with Crippen molar-refractivity contribution in [3.8, 4) is 0 Å². The monoisotopic (exact) mass is 259 g/mol. The lowest BCUT2D eigenvalue weighted by Gasteiger charge is -2.05. The van der Waals surface area contributed by atoms with E-state index in [0.717, 1.165) is 0 Å². The van der Waals surface area contributed by atoms with Crippen LogP contribution in [0.2, 0.25) is 0 Å². The largest absolute Gasteiger partial charge is 0.478 e. The number of aromatic carboxylic acids is 1. The Bertz CT molecular complexity index is 625. The first-order valence-electron chi connectivity index (χ1n) is 5.28.